The Bertz CT molecular complexity index is 468. The maximum absolute atomic E-state index is 5.88. The standard InChI is InChI=1S/C10H7BrClN/c11-8-3-1-2-6-4-7(12)5-9(13)10(6)8/h1-5H,13H2. The Kier molecular flexibility index (Phi) is 2.18. The van der Waals surface area contributed by atoms with Crippen molar-refractivity contribution in [2.24, 2.45) is 0 Å². The summed E-state index contributed by atoms with van der Waals surface area (Å²) in [5, 5.41) is 2.74. The van der Waals surface area contributed by atoms with Crippen LogP contribution in [0.25, 0.3) is 10.8 Å². The largest absolute Gasteiger partial charge is 0.398 e. The van der Waals surface area contributed by atoms with Gasteiger partial charge in [-0.15, -0.1) is 0 Å². The van der Waals surface area contributed by atoms with Crippen molar-refractivity contribution in [3.63, 3.8) is 0 Å². The fourth-order valence-electron chi connectivity index (χ4n) is 1.38. The van der Waals surface area contributed by atoms with E-state index < -0.39 is 0 Å². The first kappa shape index (κ1) is 8.85. The van der Waals surface area contributed by atoms with Crippen LogP contribution in [0, 0.1) is 0 Å². The first-order valence-corrected chi connectivity index (χ1v) is 4.99. The number of nitrogens with two attached hydrogens (primary N) is 1. The zero-order valence-electron chi connectivity index (χ0n) is 6.72. The minimum atomic E-state index is 0.670. The fourth-order valence-corrected chi connectivity index (χ4v) is 2.22. The topological polar surface area (TPSA) is 26.0 Å². The molecule has 3 heteroatoms. The molecule has 0 saturated heterocycles. The summed E-state index contributed by atoms with van der Waals surface area (Å²) >= 11 is 9.33. The predicted molar refractivity (Wildman–Crippen MR) is 61.1 cm³/mol. The van der Waals surface area contributed by atoms with Crippen molar-refractivity contribution in [2.75, 3.05) is 5.73 Å². The lowest BCUT2D eigenvalue weighted by atomic mass is 10.1. The summed E-state index contributed by atoms with van der Waals surface area (Å²) in [6, 6.07) is 9.57. The highest BCUT2D eigenvalue weighted by atomic mass is 79.9. The molecule has 2 aromatic rings. The van der Waals surface area contributed by atoms with E-state index in [1.54, 1.807) is 6.07 Å². The van der Waals surface area contributed by atoms with Gasteiger partial charge in [-0.2, -0.15) is 0 Å². The van der Waals surface area contributed by atoms with Crippen molar-refractivity contribution >= 4 is 44.0 Å². The Labute approximate surface area is 89.6 Å². The Morgan fingerprint density at radius 1 is 1.23 bits per heavy atom. The van der Waals surface area contributed by atoms with Gasteiger partial charge in [-0.3, -0.25) is 0 Å². The monoisotopic (exact) mass is 255 g/mol. The van der Waals surface area contributed by atoms with Gasteiger partial charge >= 0.3 is 0 Å². The van der Waals surface area contributed by atoms with Gasteiger partial charge in [0.15, 0.2) is 0 Å². The molecule has 0 radical (unpaired) electrons. The Hall–Kier alpha value is -0.730. The van der Waals surface area contributed by atoms with Gasteiger partial charge in [-0.1, -0.05) is 39.7 Å². The number of rotatable bonds is 0. The van der Waals surface area contributed by atoms with E-state index in [1.807, 2.05) is 24.3 Å². The summed E-state index contributed by atoms with van der Waals surface area (Å²) in [7, 11) is 0. The lowest BCUT2D eigenvalue weighted by Crippen LogP contribution is -1.87. The lowest BCUT2D eigenvalue weighted by Gasteiger charge is -2.04. The van der Waals surface area contributed by atoms with Crippen LogP contribution < -0.4 is 5.73 Å². The Morgan fingerprint density at radius 3 is 2.77 bits per heavy atom. The zero-order valence-corrected chi connectivity index (χ0v) is 9.06. The molecule has 0 saturated carbocycles. The minimum Gasteiger partial charge on any atom is -0.398 e. The van der Waals surface area contributed by atoms with E-state index in [1.165, 1.54) is 0 Å². The summed E-state index contributed by atoms with van der Waals surface area (Å²) in [5.41, 5.74) is 6.55. The third-order valence-electron chi connectivity index (χ3n) is 1.92. The summed E-state index contributed by atoms with van der Waals surface area (Å²) in [5.74, 6) is 0. The molecule has 0 atom stereocenters. The van der Waals surface area contributed by atoms with Crippen molar-refractivity contribution < 1.29 is 0 Å². The molecule has 2 aromatic carbocycles. The summed E-state index contributed by atoms with van der Waals surface area (Å²) < 4.78 is 0.999. The maximum atomic E-state index is 5.88. The number of benzene rings is 2. The zero-order chi connectivity index (χ0) is 9.42. The van der Waals surface area contributed by atoms with Crippen LogP contribution in [0.1, 0.15) is 0 Å². The van der Waals surface area contributed by atoms with Crippen molar-refractivity contribution in [3.05, 3.63) is 39.8 Å². The summed E-state index contributed by atoms with van der Waals surface area (Å²) in [4.78, 5) is 0. The third kappa shape index (κ3) is 1.52. The molecule has 1 nitrogen and oxygen atoms in total. The Balaban J connectivity index is 2.94. The van der Waals surface area contributed by atoms with E-state index in [0.29, 0.717) is 10.7 Å². The van der Waals surface area contributed by atoms with E-state index in [2.05, 4.69) is 15.9 Å². The van der Waals surface area contributed by atoms with Crippen LogP contribution >= 0.6 is 27.5 Å². The second-order valence-corrected chi connectivity index (χ2v) is 4.12. The molecule has 0 spiro atoms. The van der Waals surface area contributed by atoms with Crippen LogP contribution in [0.3, 0.4) is 0 Å². The van der Waals surface area contributed by atoms with Crippen LogP contribution in [0.2, 0.25) is 5.02 Å². The first-order chi connectivity index (χ1) is 6.18. The highest BCUT2D eigenvalue weighted by Gasteiger charge is 2.02. The van der Waals surface area contributed by atoms with E-state index in [9.17, 15) is 0 Å². The molecule has 0 amide bonds. The van der Waals surface area contributed by atoms with Gasteiger partial charge in [-0.25, -0.2) is 0 Å². The predicted octanol–water partition coefficient (Wildman–Crippen LogP) is 3.84. The lowest BCUT2D eigenvalue weighted by molar-refractivity contribution is 1.69. The molecule has 2 rings (SSSR count). The normalized spacial score (nSPS) is 10.6. The van der Waals surface area contributed by atoms with Gasteiger partial charge in [0.1, 0.15) is 0 Å². The van der Waals surface area contributed by atoms with Crippen LogP contribution in [-0.2, 0) is 0 Å². The van der Waals surface area contributed by atoms with E-state index in [-0.39, 0.29) is 0 Å². The number of hydrogen-bond donors (Lipinski definition) is 1. The molecule has 0 aromatic heterocycles. The molecular weight excluding hydrogens is 249 g/mol. The molecule has 66 valence electrons. The van der Waals surface area contributed by atoms with Gasteiger partial charge in [0.2, 0.25) is 0 Å². The average Bonchev–Trinajstić information content (AvgIpc) is 2.02. The first-order valence-electron chi connectivity index (χ1n) is 3.82. The molecule has 0 heterocycles. The van der Waals surface area contributed by atoms with Crippen LogP contribution in [0.5, 0.6) is 0 Å². The highest BCUT2D eigenvalue weighted by molar-refractivity contribution is 9.10. The van der Waals surface area contributed by atoms with Crippen LogP contribution in [0.4, 0.5) is 5.69 Å². The summed E-state index contributed by atoms with van der Waals surface area (Å²) in [6.07, 6.45) is 0. The highest BCUT2D eigenvalue weighted by Crippen LogP contribution is 2.31. The fraction of sp³-hybridized carbons (Fsp3) is 0. The Morgan fingerprint density at radius 2 is 2.00 bits per heavy atom. The molecule has 2 N–H and O–H groups in total. The van der Waals surface area contributed by atoms with Gasteiger partial charge in [0, 0.05) is 20.6 Å². The van der Waals surface area contributed by atoms with Crippen molar-refractivity contribution in [3.8, 4) is 0 Å². The molecule has 0 fully saturated rings. The van der Waals surface area contributed by atoms with Gasteiger partial charge in [0.25, 0.3) is 0 Å². The van der Waals surface area contributed by atoms with E-state index in [0.717, 1.165) is 15.2 Å². The van der Waals surface area contributed by atoms with Crippen molar-refractivity contribution in [2.45, 2.75) is 0 Å². The molecule has 0 bridgehead atoms. The molecule has 0 unspecified atom stereocenters. The number of halogens is 2. The number of anilines is 1. The van der Waals surface area contributed by atoms with Gasteiger partial charge in [-0.05, 0) is 23.6 Å². The van der Waals surface area contributed by atoms with Crippen LogP contribution in [0.15, 0.2) is 34.8 Å². The molecule has 0 aliphatic carbocycles. The van der Waals surface area contributed by atoms with E-state index in [4.69, 9.17) is 17.3 Å². The number of fused-ring (bicyclic) bond motifs is 1. The molecule has 0 aliphatic heterocycles. The number of nitrogen functional groups attached to an aromatic ring is 1. The number of hydrogen-bond acceptors (Lipinski definition) is 1. The molecule has 13 heavy (non-hydrogen) atoms. The second kappa shape index (κ2) is 3.20. The van der Waals surface area contributed by atoms with Crippen molar-refractivity contribution in [1.29, 1.82) is 0 Å². The van der Waals surface area contributed by atoms with Crippen LogP contribution in [-0.4, -0.2) is 0 Å². The molecule has 0 aliphatic rings. The second-order valence-electron chi connectivity index (χ2n) is 2.83. The van der Waals surface area contributed by atoms with Gasteiger partial charge in [0.05, 0.1) is 0 Å². The smallest absolute Gasteiger partial charge is 0.0432 e. The molecular formula is C10H7BrClN. The van der Waals surface area contributed by atoms with E-state index >= 15 is 0 Å². The average molecular weight is 257 g/mol. The van der Waals surface area contributed by atoms with Gasteiger partial charge < -0.3 is 5.73 Å². The quantitative estimate of drug-likeness (QED) is 0.712. The third-order valence-corrected chi connectivity index (χ3v) is 2.80. The minimum absolute atomic E-state index is 0.670. The summed E-state index contributed by atoms with van der Waals surface area (Å²) in [6.45, 7) is 0. The SMILES string of the molecule is Nc1cc(Cl)cc2cccc(Br)c12. The van der Waals surface area contributed by atoms with Crippen molar-refractivity contribution in [1.82, 2.24) is 0 Å². The maximum Gasteiger partial charge on any atom is 0.0432 e.